The third-order valence-corrected chi connectivity index (χ3v) is 2.21. The van der Waals surface area contributed by atoms with E-state index in [-0.39, 0.29) is 0 Å². The fourth-order valence-corrected chi connectivity index (χ4v) is 1.67. The van der Waals surface area contributed by atoms with Gasteiger partial charge in [-0.25, -0.2) is 8.78 Å². The van der Waals surface area contributed by atoms with Gasteiger partial charge in [0, 0.05) is 13.0 Å². The van der Waals surface area contributed by atoms with Crippen molar-refractivity contribution in [2.24, 2.45) is 0 Å². The Labute approximate surface area is 76.3 Å². The normalized spacial score (nSPS) is 30.1. The zero-order chi connectivity index (χ0) is 9.95. The summed E-state index contributed by atoms with van der Waals surface area (Å²) in [5.74, 6) is -2.84. The maximum Gasteiger partial charge on any atom is 0.248 e. The number of rotatable bonds is 3. The molecule has 1 aliphatic rings. The molecule has 1 unspecified atom stereocenters. The molecule has 0 aliphatic carbocycles. The van der Waals surface area contributed by atoms with Crippen molar-refractivity contribution in [3.63, 3.8) is 0 Å². The van der Waals surface area contributed by atoms with Gasteiger partial charge in [0.15, 0.2) is 6.29 Å². The Kier molecular flexibility index (Phi) is 3.01. The summed E-state index contributed by atoms with van der Waals surface area (Å²) in [5, 5.41) is 0. The summed E-state index contributed by atoms with van der Waals surface area (Å²) in [5.41, 5.74) is -1.23. The van der Waals surface area contributed by atoms with E-state index in [0.29, 0.717) is 19.3 Å². The fraction of sp³-hybridized carbons (Fsp3) is 0.889. The molecule has 1 fully saturated rings. The third kappa shape index (κ3) is 3.03. The Bertz CT molecular complexity index is 181. The van der Waals surface area contributed by atoms with Gasteiger partial charge >= 0.3 is 0 Å². The van der Waals surface area contributed by atoms with Crippen LogP contribution >= 0.6 is 0 Å². The summed E-state index contributed by atoms with van der Waals surface area (Å²) in [6.07, 6.45) is 2.09. The zero-order valence-electron chi connectivity index (χ0n) is 7.69. The van der Waals surface area contributed by atoms with E-state index >= 15 is 0 Å². The Morgan fingerprint density at radius 3 is 2.62 bits per heavy atom. The lowest BCUT2D eigenvalue weighted by atomic mass is 9.89. The molecule has 0 bridgehead atoms. The highest BCUT2D eigenvalue weighted by atomic mass is 19.3. The monoisotopic (exact) mass is 192 g/mol. The van der Waals surface area contributed by atoms with Gasteiger partial charge in [-0.2, -0.15) is 0 Å². The highest BCUT2D eigenvalue weighted by molar-refractivity contribution is 5.62. The maximum absolute atomic E-state index is 12.7. The first-order chi connectivity index (χ1) is 5.97. The van der Waals surface area contributed by atoms with Crippen LogP contribution in [0.1, 0.15) is 32.6 Å². The largest absolute Gasteiger partial charge is 0.367 e. The summed E-state index contributed by atoms with van der Waals surface area (Å²) in [6.45, 7) is 1.23. The van der Waals surface area contributed by atoms with Crippen molar-refractivity contribution in [2.75, 3.05) is 6.61 Å². The molecule has 0 aromatic rings. The summed E-state index contributed by atoms with van der Waals surface area (Å²) in [4.78, 5) is 10.7. The van der Waals surface area contributed by atoms with Crippen LogP contribution in [0.4, 0.5) is 8.78 Å². The van der Waals surface area contributed by atoms with Gasteiger partial charge in [-0.1, -0.05) is 0 Å². The van der Waals surface area contributed by atoms with Crippen LogP contribution in [-0.2, 0) is 9.53 Å². The van der Waals surface area contributed by atoms with E-state index in [4.69, 9.17) is 4.74 Å². The second kappa shape index (κ2) is 3.70. The molecular formula is C9H14F2O2. The second-order valence-corrected chi connectivity index (χ2v) is 3.74. The second-order valence-electron chi connectivity index (χ2n) is 3.74. The minimum atomic E-state index is -2.84. The van der Waals surface area contributed by atoms with Crippen molar-refractivity contribution in [3.05, 3.63) is 0 Å². The molecule has 4 heteroatoms. The molecule has 1 saturated heterocycles. The molecule has 2 nitrogen and oxygen atoms in total. The Hall–Kier alpha value is -0.510. The molecule has 1 rings (SSSR count). The van der Waals surface area contributed by atoms with E-state index in [1.165, 1.54) is 0 Å². The predicted molar refractivity (Wildman–Crippen MR) is 43.8 cm³/mol. The quantitative estimate of drug-likeness (QED) is 0.640. The minimum Gasteiger partial charge on any atom is -0.367 e. The summed E-state index contributed by atoms with van der Waals surface area (Å²) in [6, 6.07) is 0. The number of hydrogen-bond donors (Lipinski definition) is 0. The first kappa shape index (κ1) is 10.6. The van der Waals surface area contributed by atoms with E-state index in [9.17, 15) is 13.6 Å². The highest BCUT2D eigenvalue weighted by Gasteiger charge is 2.41. The lowest BCUT2D eigenvalue weighted by Gasteiger charge is -2.34. The number of aldehydes is 1. The van der Waals surface area contributed by atoms with Gasteiger partial charge in [0.2, 0.25) is 5.92 Å². The van der Waals surface area contributed by atoms with Gasteiger partial charge in [-0.3, -0.25) is 0 Å². The van der Waals surface area contributed by atoms with E-state index in [0.717, 1.165) is 19.8 Å². The van der Waals surface area contributed by atoms with E-state index in [2.05, 4.69) is 0 Å². The predicted octanol–water partition coefficient (Wildman–Crippen LogP) is 2.17. The maximum atomic E-state index is 12.7. The standard InChI is InChI=1S/C9H14F2O2/c1-8(10,11)6-9(7-12)4-2-3-5-13-9/h7H,2-6H2,1H3. The molecule has 0 N–H and O–H groups in total. The molecule has 13 heavy (non-hydrogen) atoms. The summed E-state index contributed by atoms with van der Waals surface area (Å²) in [7, 11) is 0. The number of carbonyl (C=O) groups excluding carboxylic acids is 1. The molecular weight excluding hydrogens is 178 g/mol. The van der Waals surface area contributed by atoms with Gasteiger partial charge in [-0.15, -0.1) is 0 Å². The van der Waals surface area contributed by atoms with Crippen LogP contribution in [-0.4, -0.2) is 24.4 Å². The van der Waals surface area contributed by atoms with Crippen molar-refractivity contribution in [2.45, 2.75) is 44.1 Å². The lowest BCUT2D eigenvalue weighted by molar-refractivity contribution is -0.154. The van der Waals surface area contributed by atoms with Crippen LogP contribution in [0.3, 0.4) is 0 Å². The molecule has 0 radical (unpaired) electrons. The topological polar surface area (TPSA) is 26.3 Å². The van der Waals surface area contributed by atoms with Crippen molar-refractivity contribution >= 4 is 6.29 Å². The summed E-state index contributed by atoms with van der Waals surface area (Å²) < 4.78 is 30.5. The SMILES string of the molecule is CC(F)(F)CC1(C=O)CCCCO1. The van der Waals surface area contributed by atoms with Crippen molar-refractivity contribution in [1.29, 1.82) is 0 Å². The van der Waals surface area contributed by atoms with Gasteiger partial charge in [-0.05, 0) is 26.2 Å². The molecule has 1 atom stereocenters. The zero-order valence-corrected chi connectivity index (χ0v) is 7.69. The van der Waals surface area contributed by atoms with Crippen LogP contribution in [0.5, 0.6) is 0 Å². The average molecular weight is 192 g/mol. The molecule has 76 valence electrons. The van der Waals surface area contributed by atoms with Gasteiger partial charge < -0.3 is 9.53 Å². The number of halogens is 2. The smallest absolute Gasteiger partial charge is 0.248 e. The van der Waals surface area contributed by atoms with E-state index < -0.39 is 17.9 Å². The van der Waals surface area contributed by atoms with Crippen molar-refractivity contribution < 1.29 is 18.3 Å². The molecule has 0 amide bonds. The van der Waals surface area contributed by atoms with E-state index in [1.54, 1.807) is 0 Å². The fourth-order valence-electron chi connectivity index (χ4n) is 1.67. The van der Waals surface area contributed by atoms with Crippen LogP contribution in [0.25, 0.3) is 0 Å². The Morgan fingerprint density at radius 2 is 2.23 bits per heavy atom. The van der Waals surface area contributed by atoms with Gasteiger partial charge in [0.25, 0.3) is 0 Å². The highest BCUT2D eigenvalue weighted by Crippen LogP contribution is 2.33. The first-order valence-electron chi connectivity index (χ1n) is 4.46. The summed E-state index contributed by atoms with van der Waals surface area (Å²) >= 11 is 0. The Morgan fingerprint density at radius 1 is 1.54 bits per heavy atom. The van der Waals surface area contributed by atoms with Crippen LogP contribution < -0.4 is 0 Å². The van der Waals surface area contributed by atoms with Crippen LogP contribution in [0, 0.1) is 0 Å². The number of hydrogen-bond acceptors (Lipinski definition) is 2. The molecule has 0 aromatic heterocycles. The molecule has 0 saturated carbocycles. The number of carbonyl (C=O) groups is 1. The molecule has 0 spiro atoms. The third-order valence-electron chi connectivity index (χ3n) is 2.21. The molecule has 0 aromatic carbocycles. The number of alkyl halides is 2. The van der Waals surface area contributed by atoms with Crippen molar-refractivity contribution in [3.8, 4) is 0 Å². The lowest BCUT2D eigenvalue weighted by Crippen LogP contribution is -2.42. The minimum absolute atomic E-state index is 0.412. The molecule has 1 heterocycles. The van der Waals surface area contributed by atoms with E-state index in [1.807, 2.05) is 0 Å². The van der Waals surface area contributed by atoms with Crippen molar-refractivity contribution in [1.82, 2.24) is 0 Å². The van der Waals surface area contributed by atoms with Crippen LogP contribution in [0.15, 0.2) is 0 Å². The number of ether oxygens (including phenoxy) is 1. The average Bonchev–Trinajstić information content (AvgIpc) is 2.03. The molecule has 1 aliphatic heterocycles. The van der Waals surface area contributed by atoms with Gasteiger partial charge in [0.1, 0.15) is 5.60 Å². The van der Waals surface area contributed by atoms with Gasteiger partial charge in [0.05, 0.1) is 0 Å². The van der Waals surface area contributed by atoms with Crippen LogP contribution in [0.2, 0.25) is 0 Å². The first-order valence-corrected chi connectivity index (χ1v) is 4.46. The Balaban J connectivity index is 2.63.